The number of ether oxygens (including phenoxy) is 1. The van der Waals surface area contributed by atoms with E-state index >= 15 is 0 Å². The van der Waals surface area contributed by atoms with Gasteiger partial charge in [-0.25, -0.2) is 4.39 Å². The van der Waals surface area contributed by atoms with Gasteiger partial charge in [-0.05, 0) is 62.7 Å². The van der Waals surface area contributed by atoms with Crippen LogP contribution in [0.15, 0.2) is 36.4 Å². The molecule has 0 saturated carbocycles. The van der Waals surface area contributed by atoms with Crippen molar-refractivity contribution in [2.75, 3.05) is 7.11 Å². The zero-order valence-corrected chi connectivity index (χ0v) is 17.4. The summed E-state index contributed by atoms with van der Waals surface area (Å²) in [4.78, 5) is 25.6. The van der Waals surface area contributed by atoms with Crippen LogP contribution in [0.2, 0.25) is 5.02 Å². The molecule has 0 radical (unpaired) electrons. The van der Waals surface area contributed by atoms with Crippen molar-refractivity contribution in [2.24, 2.45) is 0 Å². The number of methoxy groups -OCH3 is 1. The Kier molecular flexibility index (Phi) is 5.94. The average Bonchev–Trinajstić information content (AvgIpc) is 2.91. The highest BCUT2D eigenvalue weighted by atomic mass is 35.5. The van der Waals surface area contributed by atoms with Gasteiger partial charge in [-0.2, -0.15) is 0 Å². The molecule has 0 fully saturated rings. The van der Waals surface area contributed by atoms with Crippen LogP contribution in [-0.4, -0.2) is 29.5 Å². The summed E-state index contributed by atoms with van der Waals surface area (Å²) in [5.74, 6) is -0.444. The molecule has 0 atom stereocenters. The van der Waals surface area contributed by atoms with Crippen LogP contribution < -0.4 is 10.1 Å². The molecule has 0 aliphatic carbocycles. The highest BCUT2D eigenvalue weighted by Crippen LogP contribution is 2.35. The fourth-order valence-corrected chi connectivity index (χ4v) is 3.61. The van der Waals surface area contributed by atoms with E-state index in [9.17, 15) is 14.0 Å². The van der Waals surface area contributed by atoms with E-state index in [0.717, 1.165) is 0 Å². The number of hydrogen-bond donors (Lipinski definition) is 1. The number of carbonyl (C=O) groups excluding carboxylic acids is 2. The minimum Gasteiger partial charge on any atom is -0.495 e. The van der Waals surface area contributed by atoms with Gasteiger partial charge < -0.3 is 10.1 Å². The molecule has 1 heterocycles. The molecule has 0 unspecified atom stereocenters. The first kappa shape index (κ1) is 20.9. The maximum absolute atomic E-state index is 13.3. The molecule has 152 valence electrons. The van der Waals surface area contributed by atoms with Crippen molar-refractivity contribution < 1.29 is 18.7 Å². The van der Waals surface area contributed by atoms with Gasteiger partial charge in [0.15, 0.2) is 0 Å². The summed E-state index contributed by atoms with van der Waals surface area (Å²) >= 11 is 6.30. The summed E-state index contributed by atoms with van der Waals surface area (Å²) in [5.41, 5.74) is 2.23. The fraction of sp³-hybridized carbons (Fsp3) is 0.273. The van der Waals surface area contributed by atoms with Crippen LogP contribution in [0, 0.1) is 12.7 Å². The van der Waals surface area contributed by atoms with Crippen LogP contribution >= 0.6 is 11.6 Å². The van der Waals surface area contributed by atoms with Gasteiger partial charge in [0, 0.05) is 22.7 Å². The Labute approximate surface area is 173 Å². The molecular weight excluding hydrogens is 395 g/mol. The zero-order valence-electron chi connectivity index (χ0n) is 16.7. The van der Waals surface area contributed by atoms with Crippen molar-refractivity contribution in [3.8, 4) is 5.75 Å². The van der Waals surface area contributed by atoms with Crippen molar-refractivity contribution in [3.63, 3.8) is 0 Å². The van der Waals surface area contributed by atoms with Gasteiger partial charge in [-0.15, -0.1) is 0 Å². The Bertz CT molecular complexity index is 1090. The lowest BCUT2D eigenvalue weighted by Gasteiger charge is -2.09. The largest absolute Gasteiger partial charge is 0.495 e. The fourth-order valence-electron chi connectivity index (χ4n) is 3.38. The van der Waals surface area contributed by atoms with Gasteiger partial charge in [0.1, 0.15) is 11.6 Å². The van der Waals surface area contributed by atoms with E-state index in [0.29, 0.717) is 38.5 Å². The van der Waals surface area contributed by atoms with Crippen molar-refractivity contribution in [1.82, 2.24) is 9.88 Å². The van der Waals surface area contributed by atoms with E-state index in [-0.39, 0.29) is 24.3 Å². The van der Waals surface area contributed by atoms with Gasteiger partial charge in [0.2, 0.25) is 5.91 Å². The second-order valence-electron chi connectivity index (χ2n) is 7.11. The average molecular weight is 417 g/mol. The number of aromatic nitrogens is 1. The predicted molar refractivity (Wildman–Crippen MR) is 111 cm³/mol. The molecule has 29 heavy (non-hydrogen) atoms. The lowest BCUT2D eigenvalue weighted by Crippen LogP contribution is -2.31. The van der Waals surface area contributed by atoms with E-state index < -0.39 is 5.82 Å². The number of nitrogens with one attached hydrogen (secondary N) is 1. The summed E-state index contributed by atoms with van der Waals surface area (Å²) in [6, 6.07) is 8.72. The van der Waals surface area contributed by atoms with Crippen LogP contribution in [0.25, 0.3) is 10.9 Å². The Hall–Kier alpha value is -2.86. The van der Waals surface area contributed by atoms with E-state index in [2.05, 4.69) is 5.32 Å². The molecule has 0 aliphatic rings. The summed E-state index contributed by atoms with van der Waals surface area (Å²) < 4.78 is 20.1. The smallest absolute Gasteiger partial charge is 0.262 e. The molecular formula is C22H22ClFN2O3. The molecule has 0 saturated heterocycles. The Morgan fingerprint density at radius 2 is 1.86 bits per heavy atom. The number of halogens is 2. The van der Waals surface area contributed by atoms with Crippen molar-refractivity contribution in [1.29, 1.82) is 0 Å². The van der Waals surface area contributed by atoms with E-state index in [4.69, 9.17) is 16.3 Å². The standard InChI is InChI=1S/C22H22ClFN2O3/c1-12(2)25-21(27)10-16-13(3)26(22(28)14-5-7-15(24)8-6-14)19-11-18(23)20(29-4)9-17(16)19/h5-9,11-12H,10H2,1-4H3,(H,25,27). The Balaban J connectivity index is 2.20. The van der Waals surface area contributed by atoms with E-state index in [1.165, 1.54) is 35.9 Å². The van der Waals surface area contributed by atoms with E-state index in [1.54, 1.807) is 19.1 Å². The molecule has 5 nitrogen and oxygen atoms in total. The first-order valence-electron chi connectivity index (χ1n) is 9.20. The van der Waals surface area contributed by atoms with E-state index in [1.807, 2.05) is 13.8 Å². The normalized spacial score (nSPS) is 11.1. The number of amides is 1. The number of nitrogens with zero attached hydrogens (tertiary/aromatic N) is 1. The topological polar surface area (TPSA) is 60.3 Å². The van der Waals surface area contributed by atoms with Gasteiger partial charge in [-0.3, -0.25) is 14.2 Å². The molecule has 1 aromatic heterocycles. The Morgan fingerprint density at radius 1 is 1.21 bits per heavy atom. The van der Waals surface area contributed by atoms with Crippen LogP contribution in [0.4, 0.5) is 4.39 Å². The third-order valence-electron chi connectivity index (χ3n) is 4.69. The lowest BCUT2D eigenvalue weighted by atomic mass is 10.1. The number of carbonyl (C=O) groups is 2. The highest BCUT2D eigenvalue weighted by molar-refractivity contribution is 6.33. The first-order valence-corrected chi connectivity index (χ1v) is 9.57. The van der Waals surface area contributed by atoms with Gasteiger partial charge >= 0.3 is 0 Å². The molecule has 1 amide bonds. The minimum absolute atomic E-state index is 0.000911. The number of fused-ring (bicyclic) bond motifs is 1. The van der Waals surface area contributed by atoms with Crippen molar-refractivity contribution >= 4 is 34.3 Å². The zero-order chi connectivity index (χ0) is 21.3. The lowest BCUT2D eigenvalue weighted by molar-refractivity contribution is -0.120. The summed E-state index contributed by atoms with van der Waals surface area (Å²) in [6.07, 6.45) is 0.106. The van der Waals surface area contributed by atoms with Gasteiger partial charge in [-0.1, -0.05) is 11.6 Å². The van der Waals surface area contributed by atoms with Crippen molar-refractivity contribution in [2.45, 2.75) is 33.2 Å². The second kappa shape index (κ2) is 8.25. The number of benzene rings is 2. The second-order valence-corrected chi connectivity index (χ2v) is 7.52. The molecule has 0 spiro atoms. The molecule has 7 heteroatoms. The first-order chi connectivity index (χ1) is 13.7. The third kappa shape index (κ3) is 4.12. The maximum atomic E-state index is 13.3. The molecule has 3 aromatic rings. The van der Waals surface area contributed by atoms with Crippen LogP contribution in [-0.2, 0) is 11.2 Å². The van der Waals surface area contributed by atoms with Crippen LogP contribution in [0.3, 0.4) is 0 Å². The van der Waals surface area contributed by atoms with Gasteiger partial charge in [0.25, 0.3) is 5.91 Å². The third-order valence-corrected chi connectivity index (χ3v) is 4.98. The monoisotopic (exact) mass is 416 g/mol. The van der Waals surface area contributed by atoms with Gasteiger partial charge in [0.05, 0.1) is 24.1 Å². The minimum atomic E-state index is -0.422. The van der Waals surface area contributed by atoms with Crippen LogP contribution in [0.1, 0.15) is 35.5 Å². The number of hydrogen-bond acceptors (Lipinski definition) is 3. The molecule has 3 rings (SSSR count). The molecule has 0 aliphatic heterocycles. The van der Waals surface area contributed by atoms with Crippen LogP contribution in [0.5, 0.6) is 5.75 Å². The van der Waals surface area contributed by atoms with Crippen molar-refractivity contribution in [3.05, 3.63) is 64.1 Å². The Morgan fingerprint density at radius 3 is 2.45 bits per heavy atom. The molecule has 1 N–H and O–H groups in total. The summed E-state index contributed by atoms with van der Waals surface area (Å²) in [5, 5.41) is 3.92. The quantitative estimate of drug-likeness (QED) is 0.665. The summed E-state index contributed by atoms with van der Waals surface area (Å²) in [7, 11) is 1.51. The molecule has 0 bridgehead atoms. The molecule has 2 aromatic carbocycles. The maximum Gasteiger partial charge on any atom is 0.262 e. The summed E-state index contributed by atoms with van der Waals surface area (Å²) in [6.45, 7) is 5.55. The highest BCUT2D eigenvalue weighted by Gasteiger charge is 2.23. The SMILES string of the molecule is COc1cc2c(CC(=O)NC(C)C)c(C)n(C(=O)c3ccc(F)cc3)c2cc1Cl. The predicted octanol–water partition coefficient (Wildman–Crippen LogP) is 4.51. The number of rotatable bonds is 5.